The van der Waals surface area contributed by atoms with Gasteiger partial charge in [-0.15, -0.1) is 0 Å². The summed E-state index contributed by atoms with van der Waals surface area (Å²) in [5.74, 6) is -2.30. The Labute approximate surface area is 137 Å². The fourth-order valence-electron chi connectivity index (χ4n) is 2.03. The SMILES string of the molecule is NS(=O)(=O)c1cc(C(=O)NC(CO)c2ccc(F)cc2)ccc1F. The summed E-state index contributed by atoms with van der Waals surface area (Å²) >= 11 is 0. The minimum absolute atomic E-state index is 0.152. The molecule has 0 aromatic heterocycles. The van der Waals surface area contributed by atoms with Gasteiger partial charge in [-0.2, -0.15) is 0 Å². The molecule has 2 aromatic rings. The van der Waals surface area contributed by atoms with Crippen LogP contribution in [-0.4, -0.2) is 26.0 Å². The van der Waals surface area contributed by atoms with Gasteiger partial charge in [0.25, 0.3) is 5.91 Å². The Hall–Kier alpha value is -2.36. The molecule has 24 heavy (non-hydrogen) atoms. The van der Waals surface area contributed by atoms with Gasteiger partial charge in [0.2, 0.25) is 10.0 Å². The molecule has 6 nitrogen and oxygen atoms in total. The number of carbonyl (C=O) groups excluding carboxylic acids is 1. The normalized spacial score (nSPS) is 12.7. The van der Waals surface area contributed by atoms with E-state index in [1.54, 1.807) is 0 Å². The maximum atomic E-state index is 13.5. The molecule has 0 aliphatic rings. The molecular weight excluding hydrogens is 342 g/mol. The van der Waals surface area contributed by atoms with Crippen molar-refractivity contribution in [3.8, 4) is 0 Å². The van der Waals surface area contributed by atoms with Crippen LogP contribution >= 0.6 is 0 Å². The van der Waals surface area contributed by atoms with Crippen molar-refractivity contribution in [1.29, 1.82) is 0 Å². The summed E-state index contributed by atoms with van der Waals surface area (Å²) in [6.45, 7) is -0.472. The highest BCUT2D eigenvalue weighted by Gasteiger charge is 2.20. The number of benzene rings is 2. The van der Waals surface area contributed by atoms with Crippen LogP contribution in [0, 0.1) is 11.6 Å². The quantitative estimate of drug-likeness (QED) is 0.744. The summed E-state index contributed by atoms with van der Waals surface area (Å²) in [6, 6.07) is 6.95. The molecule has 0 saturated heterocycles. The van der Waals surface area contributed by atoms with Crippen molar-refractivity contribution in [2.45, 2.75) is 10.9 Å². The number of hydrogen-bond donors (Lipinski definition) is 3. The van der Waals surface area contributed by atoms with Crippen LogP contribution in [0.2, 0.25) is 0 Å². The van der Waals surface area contributed by atoms with Crippen LogP contribution in [0.4, 0.5) is 8.78 Å². The second-order valence-corrected chi connectivity index (χ2v) is 6.48. The number of sulfonamides is 1. The molecule has 128 valence electrons. The average Bonchev–Trinajstić information content (AvgIpc) is 2.52. The molecular formula is C15H14F2N2O4S. The van der Waals surface area contributed by atoms with E-state index < -0.39 is 45.1 Å². The Morgan fingerprint density at radius 2 is 1.79 bits per heavy atom. The lowest BCUT2D eigenvalue weighted by Gasteiger charge is -2.17. The van der Waals surface area contributed by atoms with Gasteiger partial charge in [-0.1, -0.05) is 12.1 Å². The second-order valence-electron chi connectivity index (χ2n) is 4.95. The van der Waals surface area contributed by atoms with Crippen LogP contribution in [0.3, 0.4) is 0 Å². The Morgan fingerprint density at radius 3 is 2.33 bits per heavy atom. The number of halogens is 2. The zero-order valence-corrected chi connectivity index (χ0v) is 13.1. The number of amides is 1. The Kier molecular flexibility index (Phi) is 5.27. The van der Waals surface area contributed by atoms with Gasteiger partial charge < -0.3 is 10.4 Å². The number of nitrogens with two attached hydrogens (primary N) is 1. The van der Waals surface area contributed by atoms with Crippen molar-refractivity contribution < 1.29 is 27.1 Å². The number of aliphatic hydroxyl groups excluding tert-OH is 1. The number of aliphatic hydroxyl groups is 1. The summed E-state index contributed by atoms with van der Waals surface area (Å²) in [7, 11) is -4.33. The Bertz CT molecular complexity index is 854. The molecule has 0 spiro atoms. The van der Waals surface area contributed by atoms with Gasteiger partial charge in [-0.3, -0.25) is 4.79 Å². The Morgan fingerprint density at radius 1 is 1.17 bits per heavy atom. The summed E-state index contributed by atoms with van der Waals surface area (Å²) in [5.41, 5.74) is 0.294. The first kappa shape index (κ1) is 18.0. The molecule has 9 heteroatoms. The highest BCUT2D eigenvalue weighted by Crippen LogP contribution is 2.17. The third kappa shape index (κ3) is 4.13. The molecule has 0 heterocycles. The van der Waals surface area contributed by atoms with Gasteiger partial charge >= 0.3 is 0 Å². The third-order valence-corrected chi connectivity index (χ3v) is 4.19. The van der Waals surface area contributed by atoms with Crippen LogP contribution in [0.25, 0.3) is 0 Å². The van der Waals surface area contributed by atoms with Crippen molar-refractivity contribution in [3.63, 3.8) is 0 Å². The topological polar surface area (TPSA) is 109 Å². The highest BCUT2D eigenvalue weighted by molar-refractivity contribution is 7.89. The summed E-state index contributed by atoms with van der Waals surface area (Å²) in [5, 5.41) is 16.7. The molecule has 1 unspecified atom stereocenters. The number of carbonyl (C=O) groups is 1. The monoisotopic (exact) mass is 356 g/mol. The zero-order valence-electron chi connectivity index (χ0n) is 12.2. The summed E-state index contributed by atoms with van der Waals surface area (Å²) in [4.78, 5) is 11.4. The average molecular weight is 356 g/mol. The van der Waals surface area contributed by atoms with E-state index in [-0.39, 0.29) is 5.56 Å². The molecule has 0 aliphatic carbocycles. The maximum absolute atomic E-state index is 13.5. The van der Waals surface area contributed by atoms with Crippen molar-refractivity contribution in [3.05, 3.63) is 65.2 Å². The Balaban J connectivity index is 2.27. The smallest absolute Gasteiger partial charge is 0.251 e. The highest BCUT2D eigenvalue weighted by atomic mass is 32.2. The van der Waals surface area contributed by atoms with Gasteiger partial charge in [0, 0.05) is 5.56 Å². The van der Waals surface area contributed by atoms with Gasteiger partial charge in [-0.05, 0) is 35.9 Å². The van der Waals surface area contributed by atoms with E-state index in [0.29, 0.717) is 5.56 Å². The molecule has 0 bridgehead atoms. The summed E-state index contributed by atoms with van der Waals surface area (Å²) < 4.78 is 49.0. The summed E-state index contributed by atoms with van der Waals surface area (Å²) in [6.07, 6.45) is 0. The predicted molar refractivity (Wildman–Crippen MR) is 81.5 cm³/mol. The van der Waals surface area contributed by atoms with Crippen LogP contribution < -0.4 is 10.5 Å². The number of rotatable bonds is 5. The van der Waals surface area contributed by atoms with E-state index in [1.807, 2.05) is 0 Å². The van der Waals surface area contributed by atoms with Crippen LogP contribution in [-0.2, 0) is 10.0 Å². The molecule has 0 saturated carbocycles. The lowest BCUT2D eigenvalue weighted by atomic mass is 10.1. The predicted octanol–water partition coefficient (Wildman–Crippen LogP) is 1.08. The van der Waals surface area contributed by atoms with Gasteiger partial charge in [-0.25, -0.2) is 22.3 Å². The maximum Gasteiger partial charge on any atom is 0.251 e. The van der Waals surface area contributed by atoms with Crippen LogP contribution in [0.15, 0.2) is 47.4 Å². The number of primary sulfonamides is 1. The first-order valence-electron chi connectivity index (χ1n) is 6.72. The number of nitrogens with one attached hydrogen (secondary N) is 1. The zero-order chi connectivity index (χ0) is 17.9. The fraction of sp³-hybridized carbons (Fsp3) is 0.133. The number of hydrogen-bond acceptors (Lipinski definition) is 4. The van der Waals surface area contributed by atoms with Crippen molar-refractivity contribution in [1.82, 2.24) is 5.32 Å². The first-order chi connectivity index (χ1) is 11.2. The first-order valence-corrected chi connectivity index (χ1v) is 8.26. The molecule has 0 radical (unpaired) electrons. The largest absolute Gasteiger partial charge is 0.394 e. The molecule has 2 aromatic carbocycles. The molecule has 1 atom stereocenters. The third-order valence-electron chi connectivity index (χ3n) is 3.26. The minimum atomic E-state index is -4.33. The second kappa shape index (κ2) is 7.04. The fourth-order valence-corrected chi connectivity index (χ4v) is 2.66. The van der Waals surface area contributed by atoms with Crippen LogP contribution in [0.1, 0.15) is 22.0 Å². The van der Waals surface area contributed by atoms with Crippen LogP contribution in [0.5, 0.6) is 0 Å². The lowest BCUT2D eigenvalue weighted by Crippen LogP contribution is -2.31. The van der Waals surface area contributed by atoms with Crippen molar-refractivity contribution >= 4 is 15.9 Å². The molecule has 1 amide bonds. The minimum Gasteiger partial charge on any atom is -0.394 e. The van der Waals surface area contributed by atoms with Crippen molar-refractivity contribution in [2.24, 2.45) is 5.14 Å². The molecule has 4 N–H and O–H groups in total. The molecule has 0 aliphatic heterocycles. The standard InChI is InChI=1S/C15H14F2N2O4S/c16-11-4-1-9(2-5-11)13(8-20)19-15(21)10-3-6-12(17)14(7-10)24(18,22)23/h1-7,13,20H,8H2,(H,19,21)(H2,18,22,23). The van der Waals surface area contributed by atoms with E-state index in [2.05, 4.69) is 5.32 Å². The van der Waals surface area contributed by atoms with E-state index in [1.165, 1.54) is 24.3 Å². The van der Waals surface area contributed by atoms with E-state index >= 15 is 0 Å². The molecule has 0 fully saturated rings. The van der Waals surface area contributed by atoms with E-state index in [0.717, 1.165) is 18.2 Å². The van der Waals surface area contributed by atoms with Gasteiger partial charge in [0.15, 0.2) is 0 Å². The van der Waals surface area contributed by atoms with Gasteiger partial charge in [0.1, 0.15) is 16.5 Å². The lowest BCUT2D eigenvalue weighted by molar-refractivity contribution is 0.0916. The van der Waals surface area contributed by atoms with E-state index in [4.69, 9.17) is 5.14 Å². The van der Waals surface area contributed by atoms with E-state index in [9.17, 15) is 27.1 Å². The molecule has 2 rings (SSSR count). The van der Waals surface area contributed by atoms with Crippen molar-refractivity contribution in [2.75, 3.05) is 6.61 Å². The van der Waals surface area contributed by atoms with Gasteiger partial charge in [0.05, 0.1) is 12.6 Å².